The third-order valence-electron chi connectivity index (χ3n) is 4.98. The Bertz CT molecular complexity index is 503. The Balaban J connectivity index is 1.50. The molecule has 0 bridgehead atoms. The molecule has 1 spiro atoms. The normalized spacial score (nSPS) is 25.4. The topological polar surface area (TPSA) is 21.7 Å². The summed E-state index contributed by atoms with van der Waals surface area (Å²) in [6.07, 6.45) is 4.88. The van der Waals surface area contributed by atoms with Crippen LogP contribution in [0.5, 0.6) is 0 Å². The van der Waals surface area contributed by atoms with Crippen molar-refractivity contribution in [2.24, 2.45) is 0 Å². The first-order valence-corrected chi connectivity index (χ1v) is 7.59. The van der Waals surface area contributed by atoms with Crippen molar-refractivity contribution in [3.8, 4) is 0 Å². The molecular formula is C16H20FNO2. The molecule has 0 unspecified atom stereocenters. The predicted molar refractivity (Wildman–Crippen MR) is 74.3 cm³/mol. The van der Waals surface area contributed by atoms with Crippen molar-refractivity contribution in [1.29, 1.82) is 0 Å². The maximum absolute atomic E-state index is 13.8. The molecule has 0 N–H and O–H groups in total. The molecule has 2 fully saturated rings. The minimum absolute atomic E-state index is 0.0558. The molecular weight excluding hydrogens is 257 g/mol. The molecule has 20 heavy (non-hydrogen) atoms. The fraction of sp³-hybridized carbons (Fsp3) is 0.625. The van der Waals surface area contributed by atoms with Gasteiger partial charge >= 0.3 is 0 Å². The van der Waals surface area contributed by atoms with Crippen LogP contribution in [-0.2, 0) is 15.9 Å². The molecule has 1 aromatic carbocycles. The predicted octanol–water partition coefficient (Wildman–Crippen LogP) is 2.87. The molecule has 2 aliphatic heterocycles. The molecule has 0 atom stereocenters. The van der Waals surface area contributed by atoms with Gasteiger partial charge < -0.3 is 14.4 Å². The maximum atomic E-state index is 13.8. The number of halogens is 1. The highest BCUT2D eigenvalue weighted by Gasteiger charge is 2.42. The van der Waals surface area contributed by atoms with Gasteiger partial charge in [-0.2, -0.15) is 0 Å². The lowest BCUT2D eigenvalue weighted by molar-refractivity contribution is -0.178. The van der Waals surface area contributed by atoms with Crippen molar-refractivity contribution in [2.45, 2.75) is 43.9 Å². The summed E-state index contributed by atoms with van der Waals surface area (Å²) in [5, 5.41) is 0. The molecule has 108 valence electrons. The van der Waals surface area contributed by atoms with Gasteiger partial charge in [-0.05, 0) is 31.4 Å². The van der Waals surface area contributed by atoms with E-state index in [2.05, 4.69) is 11.0 Å². The van der Waals surface area contributed by atoms with E-state index in [-0.39, 0.29) is 11.6 Å². The SMILES string of the molecule is Fc1cccc2c1CCN2C1CCC2(CC1)OCCO2. The van der Waals surface area contributed by atoms with Crippen LogP contribution in [0, 0.1) is 5.82 Å². The lowest BCUT2D eigenvalue weighted by Gasteiger charge is -2.40. The van der Waals surface area contributed by atoms with E-state index in [9.17, 15) is 4.39 Å². The molecule has 3 nitrogen and oxygen atoms in total. The van der Waals surface area contributed by atoms with E-state index in [4.69, 9.17) is 9.47 Å². The van der Waals surface area contributed by atoms with Gasteiger partial charge in [-0.1, -0.05) is 6.07 Å². The maximum Gasteiger partial charge on any atom is 0.168 e. The van der Waals surface area contributed by atoms with E-state index in [0.29, 0.717) is 6.04 Å². The number of ether oxygens (including phenoxy) is 2. The molecule has 4 rings (SSSR count). The number of nitrogens with zero attached hydrogens (tertiary/aromatic N) is 1. The summed E-state index contributed by atoms with van der Waals surface area (Å²) in [6, 6.07) is 5.94. The Kier molecular flexibility index (Phi) is 2.97. The molecule has 3 aliphatic rings. The summed E-state index contributed by atoms with van der Waals surface area (Å²) in [7, 11) is 0. The number of rotatable bonds is 1. The van der Waals surface area contributed by atoms with Crippen LogP contribution in [0.15, 0.2) is 18.2 Å². The second-order valence-electron chi connectivity index (χ2n) is 6.02. The quantitative estimate of drug-likeness (QED) is 0.788. The van der Waals surface area contributed by atoms with Gasteiger partial charge in [0.05, 0.1) is 13.2 Å². The van der Waals surface area contributed by atoms with Crippen LogP contribution in [0.3, 0.4) is 0 Å². The number of hydrogen-bond donors (Lipinski definition) is 0. The largest absolute Gasteiger partial charge is 0.368 e. The number of anilines is 1. The summed E-state index contributed by atoms with van der Waals surface area (Å²) >= 11 is 0. The van der Waals surface area contributed by atoms with Gasteiger partial charge in [0.25, 0.3) is 0 Å². The summed E-state index contributed by atoms with van der Waals surface area (Å²) in [4.78, 5) is 2.39. The standard InChI is InChI=1S/C16H20FNO2/c17-14-2-1-3-15-13(14)6-9-18(15)12-4-7-16(8-5-12)19-10-11-20-16/h1-3,12H,4-11H2. The first-order valence-electron chi connectivity index (χ1n) is 7.59. The van der Waals surface area contributed by atoms with E-state index in [1.165, 1.54) is 0 Å². The second kappa shape index (κ2) is 4.71. The minimum atomic E-state index is -0.305. The zero-order valence-electron chi connectivity index (χ0n) is 11.6. The van der Waals surface area contributed by atoms with E-state index in [1.54, 1.807) is 6.07 Å². The molecule has 0 amide bonds. The van der Waals surface area contributed by atoms with Gasteiger partial charge in [0.1, 0.15) is 5.82 Å². The Hall–Kier alpha value is -1.13. The molecule has 1 saturated heterocycles. The van der Waals surface area contributed by atoms with Crippen LogP contribution >= 0.6 is 0 Å². The zero-order chi connectivity index (χ0) is 13.6. The Morgan fingerprint density at radius 2 is 1.90 bits per heavy atom. The molecule has 1 aliphatic carbocycles. The van der Waals surface area contributed by atoms with Gasteiger partial charge in [0, 0.05) is 36.7 Å². The molecule has 0 radical (unpaired) electrons. The van der Waals surface area contributed by atoms with Gasteiger partial charge in [-0.3, -0.25) is 0 Å². The van der Waals surface area contributed by atoms with Crippen LogP contribution in [0.1, 0.15) is 31.2 Å². The van der Waals surface area contributed by atoms with Crippen LogP contribution in [0.25, 0.3) is 0 Å². The van der Waals surface area contributed by atoms with Gasteiger partial charge in [-0.15, -0.1) is 0 Å². The van der Waals surface area contributed by atoms with E-state index >= 15 is 0 Å². The summed E-state index contributed by atoms with van der Waals surface area (Å²) in [5.74, 6) is -0.360. The summed E-state index contributed by atoms with van der Waals surface area (Å²) < 4.78 is 25.4. The third-order valence-corrected chi connectivity index (χ3v) is 4.98. The number of fused-ring (bicyclic) bond motifs is 1. The molecule has 1 saturated carbocycles. The van der Waals surface area contributed by atoms with E-state index in [1.807, 2.05) is 6.07 Å². The van der Waals surface area contributed by atoms with Crippen molar-refractivity contribution >= 4 is 5.69 Å². The van der Waals surface area contributed by atoms with Crippen molar-refractivity contribution in [3.05, 3.63) is 29.6 Å². The number of hydrogen-bond acceptors (Lipinski definition) is 3. The Labute approximate surface area is 118 Å². The molecule has 0 aromatic heterocycles. The van der Waals surface area contributed by atoms with Crippen LogP contribution in [0.4, 0.5) is 10.1 Å². The smallest absolute Gasteiger partial charge is 0.168 e. The molecule has 1 aromatic rings. The van der Waals surface area contributed by atoms with Crippen LogP contribution < -0.4 is 4.90 Å². The van der Waals surface area contributed by atoms with Gasteiger partial charge in [-0.25, -0.2) is 4.39 Å². The first-order chi connectivity index (χ1) is 9.77. The Morgan fingerprint density at radius 1 is 1.15 bits per heavy atom. The summed E-state index contributed by atoms with van der Waals surface area (Å²) in [5.41, 5.74) is 1.99. The lowest BCUT2D eigenvalue weighted by Crippen LogP contribution is -2.43. The fourth-order valence-electron chi connectivity index (χ4n) is 3.94. The second-order valence-corrected chi connectivity index (χ2v) is 6.02. The van der Waals surface area contributed by atoms with Crippen LogP contribution in [0.2, 0.25) is 0 Å². The van der Waals surface area contributed by atoms with Crippen molar-refractivity contribution in [3.63, 3.8) is 0 Å². The van der Waals surface area contributed by atoms with Gasteiger partial charge in [0.15, 0.2) is 5.79 Å². The highest BCUT2D eigenvalue weighted by molar-refractivity contribution is 5.59. The Morgan fingerprint density at radius 3 is 2.65 bits per heavy atom. The van der Waals surface area contributed by atoms with Gasteiger partial charge in [0.2, 0.25) is 0 Å². The van der Waals surface area contributed by atoms with E-state index < -0.39 is 0 Å². The summed E-state index contributed by atoms with van der Waals surface area (Å²) in [6.45, 7) is 2.39. The third kappa shape index (κ3) is 1.93. The fourth-order valence-corrected chi connectivity index (χ4v) is 3.94. The zero-order valence-corrected chi connectivity index (χ0v) is 11.6. The molecule has 4 heteroatoms. The van der Waals surface area contributed by atoms with E-state index in [0.717, 1.165) is 63.1 Å². The number of benzene rings is 1. The average Bonchev–Trinajstić information content (AvgIpc) is 3.09. The minimum Gasteiger partial charge on any atom is -0.368 e. The van der Waals surface area contributed by atoms with Crippen LogP contribution in [-0.4, -0.2) is 31.6 Å². The van der Waals surface area contributed by atoms with Crippen molar-refractivity contribution in [2.75, 3.05) is 24.7 Å². The highest BCUT2D eigenvalue weighted by Crippen LogP contribution is 2.40. The lowest BCUT2D eigenvalue weighted by atomic mass is 9.89. The molecule has 2 heterocycles. The van der Waals surface area contributed by atoms with Crippen molar-refractivity contribution < 1.29 is 13.9 Å². The average molecular weight is 277 g/mol. The highest BCUT2D eigenvalue weighted by atomic mass is 19.1. The van der Waals surface area contributed by atoms with Crippen molar-refractivity contribution in [1.82, 2.24) is 0 Å². The first kappa shape index (κ1) is 12.6. The monoisotopic (exact) mass is 277 g/mol.